The van der Waals surface area contributed by atoms with Crippen LogP contribution in [-0.4, -0.2) is 61.6 Å². The Balaban J connectivity index is 4.58. The fraction of sp³-hybridized carbons (Fsp3) is 0.600. The average Bonchev–Trinajstić information content (AvgIpc) is 2.47. The molecule has 0 aliphatic carbocycles. The lowest BCUT2D eigenvalue weighted by Gasteiger charge is -2.16. The van der Waals surface area contributed by atoms with Crippen LogP contribution in [0.1, 0.15) is 0 Å². The van der Waals surface area contributed by atoms with Gasteiger partial charge in [-0.1, -0.05) is 0 Å². The summed E-state index contributed by atoms with van der Waals surface area (Å²) in [6.45, 7) is 0. The molecule has 0 fully saturated rings. The quantitative estimate of drug-likeness (QED) is 0.260. The summed E-state index contributed by atoms with van der Waals surface area (Å²) in [6.07, 6.45) is 0. The van der Waals surface area contributed by atoms with Crippen LogP contribution >= 0.6 is 25.3 Å². The molecule has 114 valence electrons. The van der Waals surface area contributed by atoms with E-state index < -0.39 is 35.8 Å². The van der Waals surface area contributed by atoms with E-state index in [0.717, 1.165) is 14.2 Å². The summed E-state index contributed by atoms with van der Waals surface area (Å²) in [7, 11) is 2.28. The minimum Gasteiger partial charge on any atom is -0.467 e. The van der Waals surface area contributed by atoms with Crippen molar-refractivity contribution in [3.05, 3.63) is 0 Å². The molecule has 0 saturated carbocycles. The molecular formula is C10H16N2O6S2. The third kappa shape index (κ3) is 5.70. The normalized spacial score (nSPS) is 12.8. The van der Waals surface area contributed by atoms with E-state index in [0.29, 0.717) is 0 Å². The van der Waals surface area contributed by atoms with Crippen LogP contribution in [0.4, 0.5) is 0 Å². The van der Waals surface area contributed by atoms with Crippen molar-refractivity contribution >= 4 is 49.0 Å². The van der Waals surface area contributed by atoms with E-state index in [1.54, 1.807) is 0 Å². The second-order valence-electron chi connectivity index (χ2n) is 3.46. The van der Waals surface area contributed by atoms with Gasteiger partial charge in [-0.25, -0.2) is 9.59 Å². The molecule has 0 aromatic carbocycles. The third-order valence-corrected chi connectivity index (χ3v) is 2.88. The molecule has 0 aromatic rings. The van der Waals surface area contributed by atoms with Gasteiger partial charge in [0, 0.05) is 11.5 Å². The Morgan fingerprint density at radius 1 is 0.850 bits per heavy atom. The molecular weight excluding hydrogens is 308 g/mol. The lowest BCUT2D eigenvalue weighted by atomic mass is 10.3. The van der Waals surface area contributed by atoms with Gasteiger partial charge in [0.1, 0.15) is 12.1 Å². The van der Waals surface area contributed by atoms with Gasteiger partial charge in [0.15, 0.2) is 0 Å². The van der Waals surface area contributed by atoms with Gasteiger partial charge in [0.05, 0.1) is 14.2 Å². The number of hydrogen-bond acceptors (Lipinski definition) is 8. The summed E-state index contributed by atoms with van der Waals surface area (Å²) in [5, 5.41) is 4.25. The third-order valence-electron chi connectivity index (χ3n) is 2.15. The summed E-state index contributed by atoms with van der Waals surface area (Å²) < 4.78 is 8.84. The molecule has 8 nitrogen and oxygen atoms in total. The van der Waals surface area contributed by atoms with Crippen molar-refractivity contribution in [2.75, 3.05) is 25.7 Å². The van der Waals surface area contributed by atoms with E-state index in [1.165, 1.54) is 0 Å². The Hall–Kier alpha value is -1.42. The summed E-state index contributed by atoms with van der Waals surface area (Å²) in [4.78, 5) is 45.6. The molecule has 2 amide bonds. The van der Waals surface area contributed by atoms with Crippen LogP contribution in [0.25, 0.3) is 0 Å². The van der Waals surface area contributed by atoms with Gasteiger partial charge in [0.25, 0.3) is 0 Å². The first-order chi connectivity index (χ1) is 9.40. The lowest BCUT2D eigenvalue weighted by molar-refractivity contribution is -0.148. The smallest absolute Gasteiger partial charge is 0.329 e. The second kappa shape index (κ2) is 9.48. The first-order valence-electron chi connectivity index (χ1n) is 5.39. The maximum atomic E-state index is 11.6. The molecule has 0 saturated heterocycles. The Morgan fingerprint density at radius 3 is 1.35 bits per heavy atom. The summed E-state index contributed by atoms with van der Waals surface area (Å²) in [6, 6.07) is -2.12. The van der Waals surface area contributed by atoms with Gasteiger partial charge in [-0.15, -0.1) is 0 Å². The zero-order valence-corrected chi connectivity index (χ0v) is 12.7. The number of methoxy groups -OCH3 is 2. The van der Waals surface area contributed by atoms with Crippen molar-refractivity contribution in [1.82, 2.24) is 10.6 Å². The highest BCUT2D eigenvalue weighted by Gasteiger charge is 2.27. The maximum absolute atomic E-state index is 11.6. The van der Waals surface area contributed by atoms with Crippen LogP contribution in [0.15, 0.2) is 0 Å². The zero-order chi connectivity index (χ0) is 15.7. The standard InChI is InChI=1S/C10H16N2O6S2/c1-17-9(15)5(3-19)11-7(13)8(14)12-6(4-20)10(16)18-2/h5-6,19-20H,3-4H2,1-2H3,(H,11,13)(H,12,14). The van der Waals surface area contributed by atoms with Crippen molar-refractivity contribution in [1.29, 1.82) is 0 Å². The molecule has 0 aliphatic rings. The van der Waals surface area contributed by atoms with E-state index >= 15 is 0 Å². The second-order valence-corrected chi connectivity index (χ2v) is 4.19. The number of amides is 2. The number of nitrogens with one attached hydrogen (secondary N) is 2. The number of thiol groups is 2. The molecule has 2 N–H and O–H groups in total. The van der Waals surface area contributed by atoms with Crippen molar-refractivity contribution in [2.24, 2.45) is 0 Å². The predicted octanol–water partition coefficient (Wildman–Crippen LogP) is -1.84. The number of carbonyl (C=O) groups excluding carboxylic acids is 4. The molecule has 0 aliphatic heterocycles. The molecule has 0 bridgehead atoms. The van der Waals surface area contributed by atoms with Gasteiger partial charge >= 0.3 is 23.8 Å². The van der Waals surface area contributed by atoms with Crippen LogP contribution in [0, 0.1) is 0 Å². The minimum absolute atomic E-state index is 0.0430. The van der Waals surface area contributed by atoms with Gasteiger partial charge in [-0.3, -0.25) is 9.59 Å². The predicted molar refractivity (Wildman–Crippen MR) is 75.6 cm³/mol. The Morgan fingerprint density at radius 2 is 1.15 bits per heavy atom. The first-order valence-corrected chi connectivity index (χ1v) is 6.66. The van der Waals surface area contributed by atoms with E-state index in [4.69, 9.17) is 0 Å². The van der Waals surface area contributed by atoms with Crippen molar-refractivity contribution < 1.29 is 28.7 Å². The molecule has 0 spiro atoms. The highest BCUT2D eigenvalue weighted by molar-refractivity contribution is 7.80. The number of rotatable bonds is 6. The van der Waals surface area contributed by atoms with Crippen molar-refractivity contribution in [3.63, 3.8) is 0 Å². The number of carbonyl (C=O) groups is 4. The van der Waals surface area contributed by atoms with Gasteiger partial charge < -0.3 is 20.1 Å². The molecule has 0 rings (SSSR count). The summed E-state index contributed by atoms with van der Waals surface area (Å²) in [5.41, 5.74) is 0. The van der Waals surface area contributed by atoms with Crippen LogP contribution in [0.2, 0.25) is 0 Å². The summed E-state index contributed by atoms with van der Waals surface area (Å²) >= 11 is 7.71. The maximum Gasteiger partial charge on any atom is 0.329 e. The van der Waals surface area contributed by atoms with Gasteiger partial charge in [0.2, 0.25) is 0 Å². The van der Waals surface area contributed by atoms with Crippen LogP contribution in [0.3, 0.4) is 0 Å². The van der Waals surface area contributed by atoms with Crippen LogP contribution in [0.5, 0.6) is 0 Å². The van der Waals surface area contributed by atoms with E-state index in [-0.39, 0.29) is 11.5 Å². The molecule has 0 radical (unpaired) electrons. The van der Waals surface area contributed by atoms with Crippen LogP contribution < -0.4 is 10.6 Å². The highest BCUT2D eigenvalue weighted by Crippen LogP contribution is 1.94. The average molecular weight is 324 g/mol. The van der Waals surface area contributed by atoms with Gasteiger partial charge in [-0.05, 0) is 0 Å². The summed E-state index contributed by atoms with van der Waals surface area (Å²) in [5.74, 6) is -3.74. The molecule has 0 heterocycles. The molecule has 2 atom stereocenters. The highest BCUT2D eigenvalue weighted by atomic mass is 32.1. The molecule has 2 unspecified atom stereocenters. The molecule has 10 heteroatoms. The Labute approximate surface area is 126 Å². The topological polar surface area (TPSA) is 111 Å². The zero-order valence-electron chi connectivity index (χ0n) is 10.9. The monoisotopic (exact) mass is 324 g/mol. The van der Waals surface area contributed by atoms with Crippen LogP contribution in [-0.2, 0) is 28.7 Å². The molecule has 0 aromatic heterocycles. The SMILES string of the molecule is COC(=O)C(CS)NC(=O)C(=O)NC(CS)C(=O)OC. The largest absolute Gasteiger partial charge is 0.467 e. The number of esters is 2. The van der Waals surface area contributed by atoms with E-state index in [2.05, 4.69) is 45.4 Å². The minimum atomic E-state index is -1.09. The fourth-order valence-electron chi connectivity index (χ4n) is 1.09. The van der Waals surface area contributed by atoms with Gasteiger partial charge in [-0.2, -0.15) is 25.3 Å². The lowest BCUT2D eigenvalue weighted by Crippen LogP contribution is -2.52. The Kier molecular flexibility index (Phi) is 8.81. The fourth-order valence-corrected chi connectivity index (χ4v) is 1.57. The Bertz CT molecular complexity index is 354. The van der Waals surface area contributed by atoms with E-state index in [9.17, 15) is 19.2 Å². The van der Waals surface area contributed by atoms with Crippen molar-refractivity contribution in [3.8, 4) is 0 Å². The number of hydrogen-bond donors (Lipinski definition) is 4. The molecule has 20 heavy (non-hydrogen) atoms. The van der Waals surface area contributed by atoms with Crippen molar-refractivity contribution in [2.45, 2.75) is 12.1 Å². The van der Waals surface area contributed by atoms with E-state index in [1.807, 2.05) is 0 Å². The number of ether oxygens (including phenoxy) is 2. The first kappa shape index (κ1) is 18.6.